The second-order valence-corrected chi connectivity index (χ2v) is 7.02. The summed E-state index contributed by atoms with van der Waals surface area (Å²) in [5, 5.41) is 20.2. The number of carbonyl (C=O) groups excluding carboxylic acids is 1. The standard InChI is InChI=1S/C8H17NO5S/c1-9(2,3)6-8(12,5-7(10)11)15(4,13)14/h12H,5-6H2,1-4H3/t8-/m1/s1. The third-order valence-electron chi connectivity index (χ3n) is 1.83. The molecular weight excluding hydrogens is 222 g/mol. The number of rotatable bonds is 5. The van der Waals surface area contributed by atoms with Gasteiger partial charge in [-0.2, -0.15) is 0 Å². The van der Waals surface area contributed by atoms with Crippen LogP contribution >= 0.6 is 0 Å². The number of carbonyl (C=O) groups is 1. The van der Waals surface area contributed by atoms with Gasteiger partial charge in [-0.3, -0.25) is 0 Å². The lowest BCUT2D eigenvalue weighted by Gasteiger charge is -2.34. The lowest BCUT2D eigenvalue weighted by Crippen LogP contribution is -2.55. The van der Waals surface area contributed by atoms with Crippen LogP contribution in [0.3, 0.4) is 0 Å². The van der Waals surface area contributed by atoms with Crippen molar-refractivity contribution in [3.63, 3.8) is 0 Å². The fourth-order valence-corrected chi connectivity index (χ4v) is 2.27. The van der Waals surface area contributed by atoms with E-state index in [2.05, 4.69) is 0 Å². The summed E-state index contributed by atoms with van der Waals surface area (Å²) in [6, 6.07) is 0. The molecule has 0 fully saturated rings. The highest BCUT2D eigenvalue weighted by Crippen LogP contribution is 2.20. The van der Waals surface area contributed by atoms with Crippen LogP contribution in [0.15, 0.2) is 0 Å². The zero-order chi connectivity index (χ0) is 12.5. The molecule has 15 heavy (non-hydrogen) atoms. The molecule has 0 heterocycles. The average Bonchev–Trinajstić information content (AvgIpc) is 1.75. The Morgan fingerprint density at radius 2 is 1.80 bits per heavy atom. The van der Waals surface area contributed by atoms with Crippen LogP contribution in [0.1, 0.15) is 6.42 Å². The molecule has 0 aromatic carbocycles. The zero-order valence-corrected chi connectivity index (χ0v) is 10.2. The van der Waals surface area contributed by atoms with Crippen molar-refractivity contribution in [2.24, 2.45) is 0 Å². The van der Waals surface area contributed by atoms with E-state index in [4.69, 9.17) is 0 Å². The predicted molar refractivity (Wildman–Crippen MR) is 52.3 cm³/mol. The van der Waals surface area contributed by atoms with Crippen molar-refractivity contribution in [2.75, 3.05) is 33.9 Å². The molecule has 0 saturated carbocycles. The van der Waals surface area contributed by atoms with E-state index in [1.165, 1.54) is 0 Å². The van der Waals surface area contributed by atoms with Crippen molar-refractivity contribution in [3.05, 3.63) is 0 Å². The van der Waals surface area contributed by atoms with Gasteiger partial charge in [0.2, 0.25) is 4.93 Å². The van der Waals surface area contributed by atoms with Crippen LogP contribution in [0.25, 0.3) is 0 Å². The maximum Gasteiger partial charge on any atom is 0.220 e. The third-order valence-corrected chi connectivity index (χ3v) is 3.49. The lowest BCUT2D eigenvalue weighted by molar-refractivity contribution is -0.874. The number of hydrogen-bond acceptors (Lipinski definition) is 5. The normalized spacial score (nSPS) is 17.1. The average molecular weight is 239 g/mol. The SMILES string of the molecule is C[N+](C)(C)C[C@@](O)(CC(=O)[O-])S(C)(=O)=O. The Hall–Kier alpha value is -0.660. The molecule has 0 radical (unpaired) electrons. The van der Waals surface area contributed by atoms with Crippen LogP contribution in [-0.4, -0.2) is 62.9 Å². The van der Waals surface area contributed by atoms with Gasteiger partial charge in [0.1, 0.15) is 6.54 Å². The first-order valence-electron chi connectivity index (χ1n) is 4.30. The van der Waals surface area contributed by atoms with E-state index in [1.807, 2.05) is 0 Å². The summed E-state index contributed by atoms with van der Waals surface area (Å²) < 4.78 is 22.8. The first-order chi connectivity index (χ1) is 6.37. The number of carboxylic acid groups (broad SMARTS) is 1. The van der Waals surface area contributed by atoms with Gasteiger partial charge in [0, 0.05) is 18.6 Å². The van der Waals surface area contributed by atoms with Gasteiger partial charge in [-0.1, -0.05) is 0 Å². The molecule has 0 aromatic heterocycles. The number of hydrogen-bond donors (Lipinski definition) is 1. The van der Waals surface area contributed by atoms with Crippen molar-refractivity contribution in [2.45, 2.75) is 11.4 Å². The lowest BCUT2D eigenvalue weighted by atomic mass is 10.2. The fraction of sp³-hybridized carbons (Fsp3) is 0.875. The Morgan fingerprint density at radius 3 is 2.00 bits per heavy atom. The van der Waals surface area contributed by atoms with E-state index in [-0.39, 0.29) is 11.0 Å². The van der Waals surface area contributed by atoms with Crippen molar-refractivity contribution < 1.29 is 27.9 Å². The molecule has 0 aliphatic carbocycles. The summed E-state index contributed by atoms with van der Waals surface area (Å²) in [5.74, 6) is -1.59. The third kappa shape index (κ3) is 4.59. The predicted octanol–water partition coefficient (Wildman–Crippen LogP) is -2.43. The zero-order valence-electron chi connectivity index (χ0n) is 9.35. The van der Waals surface area contributed by atoms with Crippen molar-refractivity contribution >= 4 is 15.8 Å². The molecule has 0 aliphatic heterocycles. The largest absolute Gasteiger partial charge is 0.550 e. The van der Waals surface area contributed by atoms with E-state index >= 15 is 0 Å². The molecule has 0 saturated heterocycles. The van der Waals surface area contributed by atoms with Crippen molar-refractivity contribution in [1.29, 1.82) is 0 Å². The number of sulfone groups is 1. The highest BCUT2D eigenvalue weighted by molar-refractivity contribution is 7.91. The molecule has 0 amide bonds. The first kappa shape index (κ1) is 14.3. The van der Waals surface area contributed by atoms with Crippen LogP contribution in [0.2, 0.25) is 0 Å². The highest BCUT2D eigenvalue weighted by Gasteiger charge is 2.43. The summed E-state index contributed by atoms with van der Waals surface area (Å²) in [6.45, 7) is -0.209. The van der Waals surface area contributed by atoms with Crippen molar-refractivity contribution in [3.8, 4) is 0 Å². The monoisotopic (exact) mass is 239 g/mol. The van der Waals surface area contributed by atoms with Gasteiger partial charge < -0.3 is 19.5 Å². The van der Waals surface area contributed by atoms with E-state index < -0.39 is 27.2 Å². The minimum Gasteiger partial charge on any atom is -0.550 e. The number of carboxylic acids is 1. The summed E-state index contributed by atoms with van der Waals surface area (Å²) in [6.07, 6.45) is -0.104. The molecule has 0 rings (SSSR count). The van der Waals surface area contributed by atoms with Gasteiger partial charge in [0.05, 0.1) is 21.1 Å². The Bertz CT molecular complexity index is 343. The minimum atomic E-state index is -3.87. The van der Waals surface area contributed by atoms with Gasteiger partial charge in [0.15, 0.2) is 9.84 Å². The second-order valence-electron chi connectivity index (χ2n) is 4.72. The molecule has 7 heteroatoms. The smallest absolute Gasteiger partial charge is 0.220 e. The molecule has 90 valence electrons. The summed E-state index contributed by atoms with van der Waals surface area (Å²) >= 11 is 0. The van der Waals surface area contributed by atoms with Crippen LogP contribution in [0.4, 0.5) is 0 Å². The topological polar surface area (TPSA) is 94.5 Å². The first-order valence-corrected chi connectivity index (χ1v) is 6.19. The molecule has 1 N–H and O–H groups in total. The van der Waals surface area contributed by atoms with Crippen LogP contribution in [0.5, 0.6) is 0 Å². The minimum absolute atomic E-state index is 0.136. The second kappa shape index (κ2) is 4.07. The van der Waals surface area contributed by atoms with Gasteiger partial charge >= 0.3 is 0 Å². The van der Waals surface area contributed by atoms with Crippen LogP contribution < -0.4 is 5.11 Å². The summed E-state index contributed by atoms with van der Waals surface area (Å²) in [7, 11) is 1.10. The molecule has 1 atom stereocenters. The Labute approximate surface area is 89.6 Å². The molecule has 6 nitrogen and oxygen atoms in total. The van der Waals surface area contributed by atoms with Crippen LogP contribution in [0, 0.1) is 0 Å². The number of nitrogens with zero attached hydrogens (tertiary/aromatic N) is 1. The van der Waals surface area contributed by atoms with E-state index in [0.717, 1.165) is 6.26 Å². The fourth-order valence-electron chi connectivity index (χ4n) is 1.27. The van der Waals surface area contributed by atoms with Gasteiger partial charge in [-0.25, -0.2) is 8.42 Å². The Balaban J connectivity index is 5.14. The number of quaternary nitrogens is 1. The maximum absolute atomic E-state index is 11.3. The maximum atomic E-state index is 11.3. The van der Waals surface area contributed by atoms with Gasteiger partial charge in [-0.15, -0.1) is 0 Å². The summed E-state index contributed by atoms with van der Waals surface area (Å²) in [4.78, 5) is 8.13. The van der Waals surface area contributed by atoms with E-state index in [9.17, 15) is 23.4 Å². The highest BCUT2D eigenvalue weighted by atomic mass is 32.2. The van der Waals surface area contributed by atoms with Gasteiger partial charge in [-0.05, 0) is 0 Å². The van der Waals surface area contributed by atoms with E-state index in [0.29, 0.717) is 0 Å². The van der Waals surface area contributed by atoms with Crippen molar-refractivity contribution in [1.82, 2.24) is 0 Å². The Morgan fingerprint density at radius 1 is 1.40 bits per heavy atom. The Kier molecular flexibility index (Phi) is 3.89. The quantitative estimate of drug-likeness (QED) is 0.538. The molecule has 0 aromatic rings. The molecule has 0 aliphatic rings. The van der Waals surface area contributed by atoms with E-state index in [1.54, 1.807) is 21.1 Å². The summed E-state index contributed by atoms with van der Waals surface area (Å²) in [5.41, 5.74) is 0. The number of aliphatic hydroxyl groups is 1. The molecular formula is C8H17NO5S. The van der Waals surface area contributed by atoms with Crippen LogP contribution in [-0.2, 0) is 14.6 Å². The molecule has 0 spiro atoms. The number of likely N-dealkylation sites (N-methyl/N-ethyl adjacent to an activating group) is 1. The van der Waals surface area contributed by atoms with Gasteiger partial charge in [0.25, 0.3) is 0 Å². The molecule has 0 bridgehead atoms. The molecule has 0 unspecified atom stereocenters. The number of aliphatic carboxylic acids is 1.